The van der Waals surface area contributed by atoms with Gasteiger partial charge in [0, 0.05) is 24.0 Å². The summed E-state index contributed by atoms with van der Waals surface area (Å²) >= 11 is 0. The Balaban J connectivity index is 1.70. The summed E-state index contributed by atoms with van der Waals surface area (Å²) in [5.41, 5.74) is 1.73. The lowest BCUT2D eigenvalue weighted by molar-refractivity contribution is 0.131. The van der Waals surface area contributed by atoms with Crippen molar-refractivity contribution >= 4 is 6.21 Å². The molecular weight excluding hydrogens is 266 g/mol. The molecule has 0 aliphatic carbocycles. The molecule has 0 atom stereocenters. The first-order valence-electron chi connectivity index (χ1n) is 7.25. The van der Waals surface area contributed by atoms with Gasteiger partial charge in [-0.2, -0.15) is 0 Å². The third-order valence-electron chi connectivity index (χ3n) is 3.01. The minimum Gasteiger partial charge on any atom is -0.391 e. The Morgan fingerprint density at radius 1 is 1.33 bits per heavy atom. The summed E-state index contributed by atoms with van der Waals surface area (Å²) in [4.78, 5) is 9.55. The molecule has 2 aromatic rings. The van der Waals surface area contributed by atoms with E-state index < -0.39 is 0 Å². The fourth-order valence-corrected chi connectivity index (χ4v) is 1.84. The third-order valence-corrected chi connectivity index (χ3v) is 3.01. The molecule has 2 heterocycles. The maximum Gasteiger partial charge on any atom is 0.185 e. The van der Waals surface area contributed by atoms with E-state index in [1.807, 2.05) is 18.3 Å². The van der Waals surface area contributed by atoms with Gasteiger partial charge in [-0.25, -0.2) is 0 Å². The largest absolute Gasteiger partial charge is 0.391 e. The number of oxime groups is 1. The van der Waals surface area contributed by atoms with Crippen LogP contribution in [-0.2, 0) is 11.4 Å². The molecule has 5 nitrogen and oxygen atoms in total. The maximum absolute atomic E-state index is 5.25. The second-order valence-corrected chi connectivity index (χ2v) is 5.31. The van der Waals surface area contributed by atoms with Crippen LogP contribution in [0.3, 0.4) is 0 Å². The van der Waals surface area contributed by atoms with Crippen molar-refractivity contribution in [2.24, 2.45) is 11.1 Å². The summed E-state index contributed by atoms with van der Waals surface area (Å²) in [7, 11) is 0. The molecule has 0 bridgehead atoms. The Kier molecular flexibility index (Phi) is 5.94. The van der Waals surface area contributed by atoms with Crippen molar-refractivity contribution in [3.63, 3.8) is 0 Å². The first-order valence-corrected chi connectivity index (χ1v) is 7.25. The number of unbranched alkanes of at least 4 members (excludes halogenated alkanes) is 1. The molecular formula is C16H21N3O2. The highest BCUT2D eigenvalue weighted by Gasteiger charge is 2.03. The highest BCUT2D eigenvalue weighted by Crippen LogP contribution is 2.15. The fourth-order valence-electron chi connectivity index (χ4n) is 1.84. The fraction of sp³-hybridized carbons (Fsp3) is 0.438. The van der Waals surface area contributed by atoms with Gasteiger partial charge >= 0.3 is 0 Å². The van der Waals surface area contributed by atoms with E-state index in [2.05, 4.69) is 29.1 Å². The highest BCUT2D eigenvalue weighted by molar-refractivity contribution is 5.56. The standard InChI is InChI=1S/C16H21N3O2/c1-13(2)5-3-4-9-18-20-12-14-6-7-15(17-11-14)16-8-10-19-21-16/h6-11,13H,3-5,12H2,1-2H3. The monoisotopic (exact) mass is 287 g/mol. The third kappa shape index (κ3) is 5.38. The van der Waals surface area contributed by atoms with Gasteiger partial charge in [0.15, 0.2) is 5.76 Å². The van der Waals surface area contributed by atoms with Gasteiger partial charge in [-0.3, -0.25) is 4.98 Å². The van der Waals surface area contributed by atoms with Gasteiger partial charge in [-0.05, 0) is 24.8 Å². The van der Waals surface area contributed by atoms with Gasteiger partial charge < -0.3 is 9.36 Å². The van der Waals surface area contributed by atoms with E-state index >= 15 is 0 Å². The number of aromatic nitrogens is 2. The van der Waals surface area contributed by atoms with Crippen molar-refractivity contribution < 1.29 is 9.36 Å². The zero-order valence-electron chi connectivity index (χ0n) is 12.5. The second kappa shape index (κ2) is 8.19. The minimum atomic E-state index is 0.421. The van der Waals surface area contributed by atoms with Crippen LogP contribution < -0.4 is 0 Å². The van der Waals surface area contributed by atoms with Gasteiger partial charge in [0.25, 0.3) is 0 Å². The molecule has 0 saturated heterocycles. The van der Waals surface area contributed by atoms with Crippen molar-refractivity contribution in [3.8, 4) is 11.5 Å². The van der Waals surface area contributed by atoms with Crippen LogP contribution >= 0.6 is 0 Å². The van der Waals surface area contributed by atoms with Crippen LogP contribution in [0.1, 0.15) is 38.7 Å². The van der Waals surface area contributed by atoms with Crippen LogP contribution in [0.2, 0.25) is 0 Å². The molecule has 0 N–H and O–H groups in total. The van der Waals surface area contributed by atoms with Crippen LogP contribution in [0.5, 0.6) is 0 Å². The average Bonchev–Trinajstić information content (AvgIpc) is 3.01. The minimum absolute atomic E-state index is 0.421. The molecule has 0 aliphatic heterocycles. The Bertz CT molecular complexity index is 533. The van der Waals surface area contributed by atoms with E-state index in [-0.39, 0.29) is 0 Å². The van der Waals surface area contributed by atoms with E-state index in [1.54, 1.807) is 18.5 Å². The van der Waals surface area contributed by atoms with Crippen molar-refractivity contribution in [2.75, 3.05) is 0 Å². The molecule has 0 radical (unpaired) electrons. The molecule has 112 valence electrons. The quantitative estimate of drug-likeness (QED) is 0.417. The van der Waals surface area contributed by atoms with Gasteiger partial charge in [0.1, 0.15) is 12.3 Å². The van der Waals surface area contributed by atoms with E-state index in [0.717, 1.165) is 30.0 Å². The Morgan fingerprint density at radius 3 is 2.90 bits per heavy atom. The lowest BCUT2D eigenvalue weighted by Gasteiger charge is -2.01. The molecule has 0 spiro atoms. The number of hydrogen-bond donors (Lipinski definition) is 0. The predicted octanol–water partition coefficient (Wildman–Crippen LogP) is 4.07. The van der Waals surface area contributed by atoms with Crippen LogP contribution in [0.4, 0.5) is 0 Å². The summed E-state index contributed by atoms with van der Waals surface area (Å²) in [6.45, 7) is 4.87. The first-order chi connectivity index (χ1) is 10.3. The van der Waals surface area contributed by atoms with Crippen molar-refractivity contribution in [1.29, 1.82) is 0 Å². The Hall–Kier alpha value is -2.17. The lowest BCUT2D eigenvalue weighted by atomic mass is 10.1. The smallest absolute Gasteiger partial charge is 0.185 e. The zero-order valence-corrected chi connectivity index (χ0v) is 12.5. The number of hydrogen-bond acceptors (Lipinski definition) is 5. The number of pyridine rings is 1. The molecule has 0 amide bonds. The van der Waals surface area contributed by atoms with Crippen LogP contribution in [0.15, 0.2) is 40.3 Å². The molecule has 0 unspecified atom stereocenters. The lowest BCUT2D eigenvalue weighted by Crippen LogP contribution is -1.91. The van der Waals surface area contributed by atoms with Gasteiger partial charge in [0.2, 0.25) is 0 Å². The van der Waals surface area contributed by atoms with Crippen LogP contribution in [-0.4, -0.2) is 16.4 Å². The van der Waals surface area contributed by atoms with Gasteiger partial charge in [0.05, 0.1) is 6.20 Å². The van der Waals surface area contributed by atoms with Crippen LogP contribution in [0, 0.1) is 5.92 Å². The van der Waals surface area contributed by atoms with Crippen LogP contribution in [0.25, 0.3) is 11.5 Å². The molecule has 0 saturated carbocycles. The summed E-state index contributed by atoms with van der Waals surface area (Å²) in [6, 6.07) is 5.60. The van der Waals surface area contributed by atoms with Crippen molar-refractivity contribution in [1.82, 2.24) is 10.1 Å². The topological polar surface area (TPSA) is 60.5 Å². The van der Waals surface area contributed by atoms with E-state index in [9.17, 15) is 0 Å². The summed E-state index contributed by atoms with van der Waals surface area (Å²) < 4.78 is 5.04. The van der Waals surface area contributed by atoms with Crippen molar-refractivity contribution in [2.45, 2.75) is 39.7 Å². The molecule has 0 aromatic carbocycles. The molecule has 0 fully saturated rings. The summed E-state index contributed by atoms with van der Waals surface area (Å²) in [6.07, 6.45) is 8.52. The SMILES string of the molecule is CC(C)CCCC=NOCc1ccc(-c2ccno2)nc1. The predicted molar refractivity (Wildman–Crippen MR) is 81.7 cm³/mol. The Labute approximate surface area is 125 Å². The van der Waals surface area contributed by atoms with Crippen molar-refractivity contribution in [3.05, 3.63) is 36.2 Å². The van der Waals surface area contributed by atoms with Gasteiger partial charge in [-0.1, -0.05) is 36.6 Å². The maximum atomic E-state index is 5.25. The molecule has 2 aromatic heterocycles. The average molecular weight is 287 g/mol. The summed E-state index contributed by atoms with van der Waals surface area (Å²) in [5, 5.41) is 7.61. The molecule has 0 aliphatic rings. The van der Waals surface area contributed by atoms with E-state index in [0.29, 0.717) is 12.4 Å². The second-order valence-electron chi connectivity index (χ2n) is 5.31. The summed E-state index contributed by atoms with van der Waals surface area (Å²) in [5.74, 6) is 1.40. The van der Waals surface area contributed by atoms with E-state index in [4.69, 9.17) is 9.36 Å². The normalized spacial score (nSPS) is 11.4. The zero-order chi connectivity index (χ0) is 14.9. The van der Waals surface area contributed by atoms with Gasteiger partial charge in [-0.15, -0.1) is 0 Å². The molecule has 5 heteroatoms. The number of nitrogens with zero attached hydrogens (tertiary/aromatic N) is 3. The molecule has 21 heavy (non-hydrogen) atoms. The van der Waals surface area contributed by atoms with E-state index in [1.165, 1.54) is 6.42 Å². The number of rotatable bonds is 8. The molecule has 2 rings (SSSR count). The highest BCUT2D eigenvalue weighted by atomic mass is 16.6. The Morgan fingerprint density at radius 2 is 2.24 bits per heavy atom. The first kappa shape index (κ1) is 15.2.